The number of benzene rings is 1. The number of hydrogen-bond acceptors (Lipinski definition) is 3. The van der Waals surface area contributed by atoms with E-state index in [1.165, 1.54) is 12.7 Å². The van der Waals surface area contributed by atoms with Gasteiger partial charge in [0, 0.05) is 0 Å². The van der Waals surface area contributed by atoms with E-state index in [4.69, 9.17) is 9.47 Å². The molecule has 3 nitrogen and oxygen atoms in total. The highest BCUT2D eigenvalue weighted by Crippen LogP contribution is 2.40. The fourth-order valence-corrected chi connectivity index (χ4v) is 2.41. The normalized spacial score (nSPS) is 16.8. The van der Waals surface area contributed by atoms with Crippen LogP contribution in [0.3, 0.4) is 0 Å². The summed E-state index contributed by atoms with van der Waals surface area (Å²) in [5, 5.41) is 0. The second kappa shape index (κ2) is 5.64. The Labute approximate surface area is 114 Å². The molecule has 0 unspecified atom stereocenters. The second-order valence-electron chi connectivity index (χ2n) is 5.62. The van der Waals surface area contributed by atoms with Crippen molar-refractivity contribution in [3.05, 3.63) is 29.8 Å². The van der Waals surface area contributed by atoms with Gasteiger partial charge in [-0.25, -0.2) is 0 Å². The van der Waals surface area contributed by atoms with Crippen LogP contribution in [0.25, 0.3) is 0 Å². The first-order valence-corrected chi connectivity index (χ1v) is 6.90. The van der Waals surface area contributed by atoms with Crippen molar-refractivity contribution in [3.8, 4) is 5.75 Å². The SMILES string of the molecule is COC(=O)CC1(Oc2cccc(C(C)C)c2)CCC1. The second-order valence-corrected chi connectivity index (χ2v) is 5.62. The largest absolute Gasteiger partial charge is 0.487 e. The lowest BCUT2D eigenvalue weighted by molar-refractivity contribution is -0.148. The van der Waals surface area contributed by atoms with Crippen molar-refractivity contribution in [1.82, 2.24) is 0 Å². The maximum absolute atomic E-state index is 11.5. The summed E-state index contributed by atoms with van der Waals surface area (Å²) < 4.78 is 10.9. The van der Waals surface area contributed by atoms with Gasteiger partial charge in [0.1, 0.15) is 11.4 Å². The first-order valence-electron chi connectivity index (χ1n) is 6.90. The maximum atomic E-state index is 11.5. The molecule has 0 N–H and O–H groups in total. The quantitative estimate of drug-likeness (QED) is 0.759. The van der Waals surface area contributed by atoms with Gasteiger partial charge in [0.05, 0.1) is 13.5 Å². The van der Waals surface area contributed by atoms with Crippen molar-refractivity contribution >= 4 is 5.97 Å². The van der Waals surface area contributed by atoms with Crippen molar-refractivity contribution in [1.29, 1.82) is 0 Å². The fraction of sp³-hybridized carbons (Fsp3) is 0.562. The van der Waals surface area contributed by atoms with E-state index in [1.54, 1.807) is 0 Å². The van der Waals surface area contributed by atoms with Gasteiger partial charge in [-0.15, -0.1) is 0 Å². The highest BCUT2D eigenvalue weighted by atomic mass is 16.5. The molecule has 104 valence electrons. The highest BCUT2D eigenvalue weighted by Gasteiger charge is 2.41. The molecule has 0 atom stereocenters. The molecule has 0 aromatic heterocycles. The Balaban J connectivity index is 2.10. The van der Waals surface area contributed by atoms with Gasteiger partial charge < -0.3 is 9.47 Å². The van der Waals surface area contributed by atoms with Crippen LogP contribution in [-0.4, -0.2) is 18.7 Å². The van der Waals surface area contributed by atoms with Crippen molar-refractivity contribution in [2.45, 2.75) is 51.0 Å². The molecule has 0 amide bonds. The zero-order chi connectivity index (χ0) is 13.9. The van der Waals surface area contributed by atoms with Crippen LogP contribution in [0, 0.1) is 0 Å². The summed E-state index contributed by atoms with van der Waals surface area (Å²) in [6.07, 6.45) is 3.30. The minimum Gasteiger partial charge on any atom is -0.487 e. The minimum absolute atomic E-state index is 0.195. The van der Waals surface area contributed by atoms with Crippen LogP contribution in [0.2, 0.25) is 0 Å². The molecule has 1 aliphatic rings. The van der Waals surface area contributed by atoms with Crippen LogP contribution in [0.1, 0.15) is 51.0 Å². The Morgan fingerprint density at radius 3 is 2.63 bits per heavy atom. The van der Waals surface area contributed by atoms with Gasteiger partial charge in [-0.2, -0.15) is 0 Å². The van der Waals surface area contributed by atoms with Crippen LogP contribution in [-0.2, 0) is 9.53 Å². The lowest BCUT2D eigenvalue weighted by Crippen LogP contribution is -2.45. The van der Waals surface area contributed by atoms with Crippen LogP contribution in [0.4, 0.5) is 0 Å². The topological polar surface area (TPSA) is 35.5 Å². The van der Waals surface area contributed by atoms with E-state index in [0.29, 0.717) is 12.3 Å². The molecule has 0 spiro atoms. The smallest absolute Gasteiger partial charge is 0.309 e. The number of esters is 1. The number of hydrogen-bond donors (Lipinski definition) is 0. The number of methoxy groups -OCH3 is 1. The first-order chi connectivity index (χ1) is 9.04. The lowest BCUT2D eigenvalue weighted by atomic mass is 9.77. The zero-order valence-corrected chi connectivity index (χ0v) is 11.9. The predicted molar refractivity (Wildman–Crippen MR) is 74.4 cm³/mol. The fourth-order valence-electron chi connectivity index (χ4n) is 2.41. The number of rotatable bonds is 5. The summed E-state index contributed by atoms with van der Waals surface area (Å²) in [6, 6.07) is 8.14. The van der Waals surface area contributed by atoms with Crippen LogP contribution < -0.4 is 4.74 Å². The third-order valence-corrected chi connectivity index (χ3v) is 3.82. The molecule has 1 aromatic rings. The van der Waals surface area contributed by atoms with E-state index in [0.717, 1.165) is 25.0 Å². The van der Waals surface area contributed by atoms with E-state index >= 15 is 0 Å². The monoisotopic (exact) mass is 262 g/mol. The van der Waals surface area contributed by atoms with Crippen molar-refractivity contribution < 1.29 is 14.3 Å². The van der Waals surface area contributed by atoms with Gasteiger partial charge in [-0.3, -0.25) is 4.79 Å². The Morgan fingerprint density at radius 1 is 1.37 bits per heavy atom. The lowest BCUT2D eigenvalue weighted by Gasteiger charge is -2.41. The predicted octanol–water partition coefficient (Wildman–Crippen LogP) is 3.67. The molecule has 0 aliphatic heterocycles. The Hall–Kier alpha value is -1.51. The summed E-state index contributed by atoms with van der Waals surface area (Å²) in [5.74, 6) is 1.14. The number of carbonyl (C=O) groups excluding carboxylic acids is 1. The van der Waals surface area contributed by atoms with Crippen LogP contribution >= 0.6 is 0 Å². The van der Waals surface area contributed by atoms with Crippen molar-refractivity contribution in [2.24, 2.45) is 0 Å². The van der Waals surface area contributed by atoms with Crippen molar-refractivity contribution in [3.63, 3.8) is 0 Å². The van der Waals surface area contributed by atoms with Gasteiger partial charge in [0.15, 0.2) is 0 Å². The van der Waals surface area contributed by atoms with Gasteiger partial charge in [0.25, 0.3) is 0 Å². The van der Waals surface area contributed by atoms with Crippen molar-refractivity contribution in [2.75, 3.05) is 7.11 Å². The van der Waals surface area contributed by atoms with E-state index in [2.05, 4.69) is 26.0 Å². The van der Waals surface area contributed by atoms with E-state index < -0.39 is 0 Å². The molecule has 19 heavy (non-hydrogen) atoms. The Kier molecular flexibility index (Phi) is 4.13. The standard InChI is InChI=1S/C16H22O3/c1-12(2)13-6-4-7-14(10-13)19-16(8-5-9-16)11-15(17)18-3/h4,6-7,10,12H,5,8-9,11H2,1-3H3. The summed E-state index contributed by atoms with van der Waals surface area (Å²) in [6.45, 7) is 4.32. The molecule has 2 rings (SSSR count). The third-order valence-electron chi connectivity index (χ3n) is 3.82. The molecular weight excluding hydrogens is 240 g/mol. The molecule has 0 radical (unpaired) electrons. The first kappa shape index (κ1) is 13.9. The molecule has 0 bridgehead atoms. The Morgan fingerprint density at radius 2 is 2.11 bits per heavy atom. The Bertz CT molecular complexity index is 447. The summed E-state index contributed by atoms with van der Waals surface area (Å²) in [4.78, 5) is 11.5. The van der Waals surface area contributed by atoms with E-state index in [-0.39, 0.29) is 11.6 Å². The van der Waals surface area contributed by atoms with E-state index in [1.807, 2.05) is 12.1 Å². The summed E-state index contributed by atoms with van der Waals surface area (Å²) >= 11 is 0. The van der Waals surface area contributed by atoms with Crippen LogP contribution in [0.15, 0.2) is 24.3 Å². The molecule has 0 heterocycles. The van der Waals surface area contributed by atoms with E-state index in [9.17, 15) is 4.79 Å². The summed E-state index contributed by atoms with van der Waals surface area (Å²) in [7, 11) is 1.42. The average Bonchev–Trinajstić information content (AvgIpc) is 2.36. The molecule has 3 heteroatoms. The maximum Gasteiger partial charge on any atom is 0.309 e. The molecular formula is C16H22O3. The molecule has 1 aromatic carbocycles. The van der Waals surface area contributed by atoms with Gasteiger partial charge in [-0.05, 0) is 42.9 Å². The molecule has 0 saturated heterocycles. The summed E-state index contributed by atoms with van der Waals surface area (Å²) in [5.41, 5.74) is 0.910. The molecule has 1 aliphatic carbocycles. The molecule has 1 fully saturated rings. The van der Waals surface area contributed by atoms with Crippen LogP contribution in [0.5, 0.6) is 5.75 Å². The minimum atomic E-state index is -0.345. The number of carbonyl (C=O) groups is 1. The average molecular weight is 262 g/mol. The van der Waals surface area contributed by atoms with Gasteiger partial charge in [-0.1, -0.05) is 26.0 Å². The zero-order valence-electron chi connectivity index (χ0n) is 11.9. The molecule has 1 saturated carbocycles. The highest BCUT2D eigenvalue weighted by molar-refractivity contribution is 5.70. The van der Waals surface area contributed by atoms with Gasteiger partial charge in [0.2, 0.25) is 0 Å². The van der Waals surface area contributed by atoms with Gasteiger partial charge >= 0.3 is 5.97 Å². The number of ether oxygens (including phenoxy) is 2. The third kappa shape index (κ3) is 3.28.